The van der Waals surface area contributed by atoms with E-state index < -0.39 is 0 Å². The molecule has 0 bridgehead atoms. The van der Waals surface area contributed by atoms with Crippen molar-refractivity contribution in [2.75, 3.05) is 6.54 Å². The summed E-state index contributed by atoms with van der Waals surface area (Å²) in [5.74, 6) is 0.572. The van der Waals surface area contributed by atoms with E-state index in [0.717, 1.165) is 38.6 Å². The fraction of sp³-hybridized carbons (Fsp3) is 0.867. The number of hydrogen-bond acceptors (Lipinski definition) is 3. The standard InChI is InChI=1S/C15H25N3O/c1-10-3-5-12(8-16)14(7-10)18-9-13(15(17)19)6-4-11(18)2/h10-14H,3-7,9H2,1-2H3,(H2,17,19). The second-order valence-electron chi connectivity index (χ2n) is 6.44. The molecule has 2 rings (SSSR count). The quantitative estimate of drug-likeness (QED) is 0.827. The second kappa shape index (κ2) is 5.92. The molecule has 1 saturated heterocycles. The lowest BCUT2D eigenvalue weighted by atomic mass is 9.77. The number of nitrogens with two attached hydrogens (primary N) is 1. The fourth-order valence-electron chi connectivity index (χ4n) is 3.70. The van der Waals surface area contributed by atoms with E-state index in [2.05, 4.69) is 24.8 Å². The van der Waals surface area contributed by atoms with E-state index in [0.29, 0.717) is 18.0 Å². The van der Waals surface area contributed by atoms with Crippen LogP contribution in [-0.2, 0) is 4.79 Å². The van der Waals surface area contributed by atoms with Crippen LogP contribution in [0.4, 0.5) is 0 Å². The zero-order valence-corrected chi connectivity index (χ0v) is 12.0. The average molecular weight is 263 g/mol. The van der Waals surface area contributed by atoms with Crippen LogP contribution < -0.4 is 5.73 Å². The summed E-state index contributed by atoms with van der Waals surface area (Å²) in [5, 5.41) is 9.37. The zero-order valence-electron chi connectivity index (χ0n) is 12.0. The third kappa shape index (κ3) is 3.09. The molecular formula is C15H25N3O. The maximum atomic E-state index is 11.4. The van der Waals surface area contributed by atoms with Crippen LogP contribution in [0.2, 0.25) is 0 Å². The van der Waals surface area contributed by atoms with Crippen LogP contribution in [0.3, 0.4) is 0 Å². The maximum Gasteiger partial charge on any atom is 0.221 e. The summed E-state index contributed by atoms with van der Waals surface area (Å²) < 4.78 is 0. The molecule has 1 aliphatic carbocycles. The number of carbonyl (C=O) groups is 1. The maximum absolute atomic E-state index is 11.4. The molecule has 4 nitrogen and oxygen atoms in total. The van der Waals surface area contributed by atoms with Crippen LogP contribution in [-0.4, -0.2) is 29.4 Å². The number of likely N-dealkylation sites (tertiary alicyclic amines) is 1. The molecule has 4 heteroatoms. The molecule has 5 unspecified atom stereocenters. The molecule has 0 spiro atoms. The van der Waals surface area contributed by atoms with Gasteiger partial charge < -0.3 is 5.73 Å². The Labute approximate surface area is 115 Å². The summed E-state index contributed by atoms with van der Waals surface area (Å²) in [6, 6.07) is 3.25. The monoisotopic (exact) mass is 263 g/mol. The van der Waals surface area contributed by atoms with Crippen LogP contribution in [0.15, 0.2) is 0 Å². The molecule has 0 aromatic rings. The molecule has 19 heavy (non-hydrogen) atoms. The van der Waals surface area contributed by atoms with Gasteiger partial charge in [-0.15, -0.1) is 0 Å². The minimum atomic E-state index is -0.186. The minimum Gasteiger partial charge on any atom is -0.369 e. The van der Waals surface area contributed by atoms with E-state index in [4.69, 9.17) is 5.73 Å². The molecule has 0 aromatic carbocycles. The van der Waals surface area contributed by atoms with Gasteiger partial charge >= 0.3 is 0 Å². The first kappa shape index (κ1) is 14.3. The summed E-state index contributed by atoms with van der Waals surface area (Å²) in [4.78, 5) is 13.8. The van der Waals surface area contributed by atoms with Crippen molar-refractivity contribution in [2.24, 2.45) is 23.5 Å². The first-order chi connectivity index (χ1) is 9.02. The molecule has 2 aliphatic rings. The van der Waals surface area contributed by atoms with E-state index >= 15 is 0 Å². The Kier molecular flexibility index (Phi) is 4.46. The molecule has 5 atom stereocenters. The van der Waals surface area contributed by atoms with Crippen LogP contribution in [0.5, 0.6) is 0 Å². The largest absolute Gasteiger partial charge is 0.369 e. The van der Waals surface area contributed by atoms with Gasteiger partial charge in [-0.25, -0.2) is 0 Å². The average Bonchev–Trinajstić information content (AvgIpc) is 2.39. The Hall–Kier alpha value is -1.08. The predicted molar refractivity (Wildman–Crippen MR) is 74.0 cm³/mol. The van der Waals surface area contributed by atoms with Crippen molar-refractivity contribution in [3.63, 3.8) is 0 Å². The highest BCUT2D eigenvalue weighted by atomic mass is 16.1. The molecule has 1 saturated carbocycles. The van der Waals surface area contributed by atoms with Crippen LogP contribution in [0.25, 0.3) is 0 Å². The third-order valence-corrected chi connectivity index (χ3v) is 5.00. The third-order valence-electron chi connectivity index (χ3n) is 5.00. The van der Waals surface area contributed by atoms with Gasteiger partial charge in [0, 0.05) is 18.6 Å². The van der Waals surface area contributed by atoms with E-state index in [9.17, 15) is 10.1 Å². The smallest absolute Gasteiger partial charge is 0.221 e. The van der Waals surface area contributed by atoms with E-state index in [-0.39, 0.29) is 17.7 Å². The summed E-state index contributed by atoms with van der Waals surface area (Å²) in [6.07, 6.45) is 5.13. The SMILES string of the molecule is CC1CCC(C#N)C(N2CC(C(N)=O)CCC2C)C1. The molecule has 1 amide bonds. The number of carbonyl (C=O) groups excluding carboxylic acids is 1. The zero-order chi connectivity index (χ0) is 14.0. The van der Waals surface area contributed by atoms with Gasteiger partial charge in [-0.05, 0) is 44.9 Å². The molecule has 2 fully saturated rings. The minimum absolute atomic E-state index is 0.0345. The van der Waals surface area contributed by atoms with Gasteiger partial charge in [0.1, 0.15) is 0 Å². The summed E-state index contributed by atoms with van der Waals surface area (Å²) in [5.41, 5.74) is 5.47. The lowest BCUT2D eigenvalue weighted by Crippen LogP contribution is -2.54. The lowest BCUT2D eigenvalue weighted by Gasteiger charge is -2.46. The van der Waals surface area contributed by atoms with Crippen molar-refractivity contribution in [3.8, 4) is 6.07 Å². The van der Waals surface area contributed by atoms with Crippen molar-refractivity contribution in [2.45, 2.75) is 58.0 Å². The highest BCUT2D eigenvalue weighted by Crippen LogP contribution is 2.35. The van der Waals surface area contributed by atoms with Crippen molar-refractivity contribution in [3.05, 3.63) is 0 Å². The fourth-order valence-corrected chi connectivity index (χ4v) is 3.70. The Morgan fingerprint density at radius 3 is 2.63 bits per heavy atom. The molecule has 0 aromatic heterocycles. The molecule has 1 heterocycles. The Morgan fingerprint density at radius 1 is 1.26 bits per heavy atom. The highest BCUT2D eigenvalue weighted by molar-refractivity contribution is 5.77. The number of nitrogens with zero attached hydrogens (tertiary/aromatic N) is 2. The van der Waals surface area contributed by atoms with Crippen LogP contribution in [0.1, 0.15) is 46.0 Å². The molecule has 106 valence electrons. The van der Waals surface area contributed by atoms with E-state index in [1.807, 2.05) is 0 Å². The van der Waals surface area contributed by atoms with Crippen LogP contribution >= 0.6 is 0 Å². The van der Waals surface area contributed by atoms with Gasteiger partial charge in [-0.2, -0.15) is 5.26 Å². The summed E-state index contributed by atoms with van der Waals surface area (Å²) in [7, 11) is 0. The molecule has 0 radical (unpaired) electrons. The van der Waals surface area contributed by atoms with Gasteiger partial charge in [0.25, 0.3) is 0 Å². The summed E-state index contributed by atoms with van der Waals surface area (Å²) in [6.45, 7) is 5.22. The number of primary amides is 1. The van der Waals surface area contributed by atoms with Gasteiger partial charge in [-0.3, -0.25) is 9.69 Å². The number of piperidine rings is 1. The van der Waals surface area contributed by atoms with Gasteiger partial charge in [0.2, 0.25) is 5.91 Å². The van der Waals surface area contributed by atoms with E-state index in [1.165, 1.54) is 0 Å². The summed E-state index contributed by atoms with van der Waals surface area (Å²) >= 11 is 0. The second-order valence-corrected chi connectivity index (χ2v) is 6.44. The van der Waals surface area contributed by atoms with Crippen molar-refractivity contribution in [1.29, 1.82) is 5.26 Å². The van der Waals surface area contributed by atoms with Crippen molar-refractivity contribution >= 4 is 5.91 Å². The highest BCUT2D eigenvalue weighted by Gasteiger charge is 2.39. The topological polar surface area (TPSA) is 70.1 Å². The Balaban J connectivity index is 2.12. The van der Waals surface area contributed by atoms with E-state index in [1.54, 1.807) is 0 Å². The van der Waals surface area contributed by atoms with Gasteiger partial charge in [0.15, 0.2) is 0 Å². The number of nitriles is 1. The van der Waals surface area contributed by atoms with Gasteiger partial charge in [-0.1, -0.05) is 6.92 Å². The number of amides is 1. The first-order valence-electron chi connectivity index (χ1n) is 7.47. The lowest BCUT2D eigenvalue weighted by molar-refractivity contribution is -0.124. The van der Waals surface area contributed by atoms with Gasteiger partial charge in [0.05, 0.1) is 17.9 Å². The number of rotatable bonds is 2. The molecule has 2 N–H and O–H groups in total. The molecular weight excluding hydrogens is 238 g/mol. The van der Waals surface area contributed by atoms with Crippen molar-refractivity contribution in [1.82, 2.24) is 4.90 Å². The van der Waals surface area contributed by atoms with Crippen molar-refractivity contribution < 1.29 is 4.79 Å². The predicted octanol–water partition coefficient (Wildman–Crippen LogP) is 1.90. The molecule has 1 aliphatic heterocycles. The Bertz CT molecular complexity index is 376. The first-order valence-corrected chi connectivity index (χ1v) is 7.47. The van der Waals surface area contributed by atoms with Crippen LogP contribution in [0, 0.1) is 29.1 Å². The Morgan fingerprint density at radius 2 is 2.00 bits per heavy atom. The normalized spacial score (nSPS) is 40.6. The number of hydrogen-bond donors (Lipinski definition) is 1.